The monoisotopic (exact) mass is 678 g/mol. The van der Waals surface area contributed by atoms with E-state index in [0.717, 1.165) is 22.7 Å². The van der Waals surface area contributed by atoms with Gasteiger partial charge in [0.25, 0.3) is 0 Å². The minimum atomic E-state index is -0.0361. The third-order valence-corrected chi connectivity index (χ3v) is 11.2. The summed E-state index contributed by atoms with van der Waals surface area (Å²) in [4.78, 5) is 2.32. The van der Waals surface area contributed by atoms with Crippen LogP contribution in [0.5, 0.6) is 0 Å². The number of para-hydroxylation sites is 2. The summed E-state index contributed by atoms with van der Waals surface area (Å²) in [5.41, 5.74) is 17.3. The number of anilines is 3. The molecule has 9 aromatic rings. The van der Waals surface area contributed by atoms with Crippen molar-refractivity contribution in [1.82, 2.24) is 4.57 Å². The van der Waals surface area contributed by atoms with Crippen molar-refractivity contribution in [3.8, 4) is 39.1 Å². The highest BCUT2D eigenvalue weighted by Gasteiger charge is 2.36. The van der Waals surface area contributed by atoms with Crippen LogP contribution < -0.4 is 4.90 Å². The molecular weight excluding hydrogens is 641 g/mol. The van der Waals surface area contributed by atoms with Gasteiger partial charge in [-0.2, -0.15) is 0 Å². The second-order valence-electron chi connectivity index (χ2n) is 14.6. The standard InChI is InChI=1S/C51H38N2/c1-51(2)47-19-11-9-17-43(47)45-34-50-46(33-48(45)51)44-18-10-12-20-49(44)53(50)42-31-25-38(26-32-42)37-23-29-41(30-24-37)52(39-15-7-4-8-16-39)40-27-21-36(22-28-40)35-13-5-3-6-14-35/h3-34H,1-2H3. The SMILES string of the molecule is CC1(C)c2ccccc2-c2cc3c(cc21)c1ccccc1n3-c1ccc(-c2ccc(N(c3ccccc3)c3ccc(-c4ccccc4)cc3)cc2)cc1. The molecule has 0 saturated carbocycles. The molecule has 0 N–H and O–H groups in total. The van der Waals surface area contributed by atoms with Crippen molar-refractivity contribution in [3.05, 3.63) is 205 Å². The van der Waals surface area contributed by atoms with Crippen LogP contribution in [-0.2, 0) is 5.41 Å². The molecule has 1 aliphatic carbocycles. The maximum Gasteiger partial charge on any atom is 0.0547 e. The Morgan fingerprint density at radius 3 is 1.55 bits per heavy atom. The van der Waals surface area contributed by atoms with Crippen LogP contribution in [0.25, 0.3) is 60.9 Å². The number of aromatic nitrogens is 1. The first-order valence-electron chi connectivity index (χ1n) is 18.4. The van der Waals surface area contributed by atoms with Crippen molar-refractivity contribution < 1.29 is 0 Å². The van der Waals surface area contributed by atoms with Gasteiger partial charge < -0.3 is 9.47 Å². The summed E-state index contributed by atoms with van der Waals surface area (Å²) in [5.74, 6) is 0. The Kier molecular flexibility index (Phi) is 7.19. The quantitative estimate of drug-likeness (QED) is 0.170. The fraction of sp³-hybridized carbons (Fsp3) is 0.0588. The Morgan fingerprint density at radius 2 is 0.887 bits per heavy atom. The highest BCUT2D eigenvalue weighted by atomic mass is 15.1. The maximum absolute atomic E-state index is 2.45. The highest BCUT2D eigenvalue weighted by Crippen LogP contribution is 2.51. The highest BCUT2D eigenvalue weighted by molar-refractivity contribution is 6.11. The normalized spacial score (nSPS) is 12.9. The Bertz CT molecular complexity index is 2760. The number of hydrogen-bond donors (Lipinski definition) is 0. The van der Waals surface area contributed by atoms with Crippen LogP contribution in [0.2, 0.25) is 0 Å². The Labute approximate surface area is 310 Å². The zero-order valence-corrected chi connectivity index (χ0v) is 29.9. The lowest BCUT2D eigenvalue weighted by Crippen LogP contribution is -2.14. The smallest absolute Gasteiger partial charge is 0.0547 e. The van der Waals surface area contributed by atoms with Crippen molar-refractivity contribution in [3.63, 3.8) is 0 Å². The lowest BCUT2D eigenvalue weighted by molar-refractivity contribution is 0.661. The van der Waals surface area contributed by atoms with Gasteiger partial charge in [0.05, 0.1) is 11.0 Å². The second-order valence-corrected chi connectivity index (χ2v) is 14.6. The van der Waals surface area contributed by atoms with Gasteiger partial charge in [0.1, 0.15) is 0 Å². The van der Waals surface area contributed by atoms with Crippen molar-refractivity contribution >= 4 is 38.9 Å². The first kappa shape index (κ1) is 31.1. The lowest BCUT2D eigenvalue weighted by atomic mass is 9.82. The van der Waals surface area contributed by atoms with E-state index in [1.807, 2.05) is 0 Å². The summed E-state index contributed by atoms with van der Waals surface area (Å²) in [7, 11) is 0. The molecule has 1 heterocycles. The van der Waals surface area contributed by atoms with Gasteiger partial charge in [0, 0.05) is 38.9 Å². The summed E-state index contributed by atoms with van der Waals surface area (Å²) in [6, 6.07) is 70.6. The largest absolute Gasteiger partial charge is 0.311 e. The zero-order chi connectivity index (χ0) is 35.5. The number of hydrogen-bond acceptors (Lipinski definition) is 1. The third kappa shape index (κ3) is 5.10. The van der Waals surface area contributed by atoms with E-state index in [4.69, 9.17) is 0 Å². The molecule has 1 aromatic heterocycles. The van der Waals surface area contributed by atoms with Gasteiger partial charge in [0.15, 0.2) is 0 Å². The van der Waals surface area contributed by atoms with Gasteiger partial charge in [-0.25, -0.2) is 0 Å². The van der Waals surface area contributed by atoms with E-state index in [0.29, 0.717) is 0 Å². The number of nitrogens with zero attached hydrogens (tertiary/aromatic N) is 2. The molecule has 2 nitrogen and oxygen atoms in total. The Balaban J connectivity index is 1.01. The summed E-state index contributed by atoms with van der Waals surface area (Å²) in [6.07, 6.45) is 0. The van der Waals surface area contributed by atoms with Crippen LogP contribution in [0.3, 0.4) is 0 Å². The van der Waals surface area contributed by atoms with Crippen LogP contribution in [-0.4, -0.2) is 4.57 Å². The van der Waals surface area contributed by atoms with Crippen molar-refractivity contribution in [2.45, 2.75) is 19.3 Å². The molecule has 0 atom stereocenters. The van der Waals surface area contributed by atoms with Gasteiger partial charge in [-0.05, 0) is 111 Å². The van der Waals surface area contributed by atoms with E-state index in [2.05, 4.69) is 217 Å². The summed E-state index contributed by atoms with van der Waals surface area (Å²) in [5, 5.41) is 2.59. The molecule has 0 spiro atoms. The molecule has 0 aliphatic heterocycles. The molecule has 0 saturated heterocycles. The van der Waals surface area contributed by atoms with E-state index >= 15 is 0 Å². The molecular formula is C51H38N2. The molecule has 10 rings (SSSR count). The molecule has 0 bridgehead atoms. The maximum atomic E-state index is 2.45. The summed E-state index contributed by atoms with van der Waals surface area (Å²) < 4.78 is 2.44. The Morgan fingerprint density at radius 1 is 0.377 bits per heavy atom. The van der Waals surface area contributed by atoms with Crippen molar-refractivity contribution in [2.75, 3.05) is 4.90 Å². The van der Waals surface area contributed by atoms with Gasteiger partial charge in [0.2, 0.25) is 0 Å². The van der Waals surface area contributed by atoms with Crippen LogP contribution in [0.15, 0.2) is 194 Å². The molecule has 0 radical (unpaired) electrons. The topological polar surface area (TPSA) is 8.17 Å². The van der Waals surface area contributed by atoms with Crippen LogP contribution >= 0.6 is 0 Å². The fourth-order valence-electron chi connectivity index (χ4n) is 8.51. The average Bonchev–Trinajstić information content (AvgIpc) is 3.66. The van der Waals surface area contributed by atoms with Crippen molar-refractivity contribution in [1.29, 1.82) is 0 Å². The second kappa shape index (κ2) is 12.3. The van der Waals surface area contributed by atoms with E-state index < -0.39 is 0 Å². The van der Waals surface area contributed by atoms with Gasteiger partial charge >= 0.3 is 0 Å². The van der Waals surface area contributed by atoms with Gasteiger partial charge in [-0.15, -0.1) is 0 Å². The molecule has 252 valence electrons. The first-order chi connectivity index (χ1) is 26.0. The molecule has 0 amide bonds. The van der Waals surface area contributed by atoms with Crippen LogP contribution in [0.1, 0.15) is 25.0 Å². The molecule has 53 heavy (non-hydrogen) atoms. The summed E-state index contributed by atoms with van der Waals surface area (Å²) in [6.45, 7) is 4.72. The first-order valence-corrected chi connectivity index (χ1v) is 18.4. The summed E-state index contributed by atoms with van der Waals surface area (Å²) >= 11 is 0. The molecule has 2 heteroatoms. The van der Waals surface area contributed by atoms with Gasteiger partial charge in [-0.3, -0.25) is 0 Å². The minimum absolute atomic E-state index is 0.0361. The third-order valence-electron chi connectivity index (χ3n) is 11.2. The van der Waals surface area contributed by atoms with Crippen LogP contribution in [0.4, 0.5) is 17.1 Å². The molecule has 0 unspecified atom stereocenters. The Hall–Kier alpha value is -6.64. The molecule has 1 aliphatic rings. The van der Waals surface area contributed by atoms with Gasteiger partial charge in [-0.1, -0.05) is 141 Å². The van der Waals surface area contributed by atoms with E-state index in [1.165, 1.54) is 66.3 Å². The molecule has 0 fully saturated rings. The zero-order valence-electron chi connectivity index (χ0n) is 29.9. The average molecular weight is 679 g/mol. The van der Waals surface area contributed by atoms with E-state index in [1.54, 1.807) is 0 Å². The van der Waals surface area contributed by atoms with E-state index in [9.17, 15) is 0 Å². The lowest BCUT2D eigenvalue weighted by Gasteiger charge is -2.26. The fourth-order valence-corrected chi connectivity index (χ4v) is 8.51. The van der Waals surface area contributed by atoms with Crippen molar-refractivity contribution in [2.24, 2.45) is 0 Å². The number of benzene rings is 8. The molecule has 8 aromatic carbocycles. The predicted octanol–water partition coefficient (Wildman–Crippen LogP) is 13.9. The predicted molar refractivity (Wildman–Crippen MR) is 224 cm³/mol. The number of rotatable bonds is 6. The van der Waals surface area contributed by atoms with E-state index in [-0.39, 0.29) is 5.41 Å². The minimum Gasteiger partial charge on any atom is -0.311 e. The van der Waals surface area contributed by atoms with Crippen LogP contribution in [0, 0.1) is 0 Å². The number of fused-ring (bicyclic) bond motifs is 6.